The number of carbonyl (C=O) groups is 1. The minimum absolute atomic E-state index is 0.0290. The molecule has 2 atom stereocenters. The number of carbonyl (C=O) groups excluding carboxylic acids is 1. The van der Waals surface area contributed by atoms with Crippen LogP contribution in [0.5, 0.6) is 0 Å². The SMILES string of the molecule is Nc1nc(F)nn2c(C3CCC(C=O)O3)cnc12. The number of nitrogens with zero attached hydrogens (tertiary/aromatic N) is 4. The van der Waals surface area contributed by atoms with E-state index in [2.05, 4.69) is 15.1 Å². The summed E-state index contributed by atoms with van der Waals surface area (Å²) in [6.45, 7) is 0. The van der Waals surface area contributed by atoms with Crippen LogP contribution in [0.15, 0.2) is 6.20 Å². The first-order valence-corrected chi connectivity index (χ1v) is 5.46. The molecule has 7 nitrogen and oxygen atoms in total. The highest BCUT2D eigenvalue weighted by Gasteiger charge is 2.29. The Balaban J connectivity index is 2.05. The molecule has 0 aromatic carbocycles. The maximum Gasteiger partial charge on any atom is 0.328 e. The summed E-state index contributed by atoms with van der Waals surface area (Å²) >= 11 is 0. The smallest absolute Gasteiger partial charge is 0.328 e. The van der Waals surface area contributed by atoms with Crippen LogP contribution < -0.4 is 5.73 Å². The van der Waals surface area contributed by atoms with Gasteiger partial charge in [-0.05, 0) is 12.8 Å². The van der Waals surface area contributed by atoms with Gasteiger partial charge >= 0.3 is 6.08 Å². The molecule has 0 spiro atoms. The highest BCUT2D eigenvalue weighted by molar-refractivity contribution is 5.59. The number of nitrogen functional groups attached to an aromatic ring is 1. The van der Waals surface area contributed by atoms with Gasteiger partial charge in [-0.25, -0.2) is 9.50 Å². The predicted molar refractivity (Wildman–Crippen MR) is 58.1 cm³/mol. The normalized spacial score (nSPS) is 23.6. The van der Waals surface area contributed by atoms with Crippen LogP contribution in [-0.4, -0.2) is 32.0 Å². The van der Waals surface area contributed by atoms with E-state index in [4.69, 9.17) is 10.5 Å². The van der Waals surface area contributed by atoms with Gasteiger partial charge in [0.2, 0.25) is 0 Å². The number of fused-ring (bicyclic) bond motifs is 1. The third-order valence-electron chi connectivity index (χ3n) is 2.92. The zero-order valence-electron chi connectivity index (χ0n) is 9.28. The first-order valence-electron chi connectivity index (χ1n) is 5.46. The minimum atomic E-state index is -0.927. The van der Waals surface area contributed by atoms with Gasteiger partial charge in [0.1, 0.15) is 18.5 Å². The number of rotatable bonds is 2. The van der Waals surface area contributed by atoms with E-state index in [-0.39, 0.29) is 17.6 Å². The molecule has 0 saturated carbocycles. The fourth-order valence-corrected chi connectivity index (χ4v) is 2.09. The number of hydrogen-bond donors (Lipinski definition) is 1. The molecular formula is C10H10FN5O2. The second kappa shape index (κ2) is 3.98. The third-order valence-corrected chi connectivity index (χ3v) is 2.92. The van der Waals surface area contributed by atoms with Crippen LogP contribution in [-0.2, 0) is 9.53 Å². The number of anilines is 1. The largest absolute Gasteiger partial charge is 0.380 e. The molecule has 1 aliphatic rings. The summed E-state index contributed by atoms with van der Waals surface area (Å²) in [6.07, 6.45) is 1.87. The Hall–Kier alpha value is -2.09. The van der Waals surface area contributed by atoms with Crippen LogP contribution in [0, 0.1) is 6.08 Å². The van der Waals surface area contributed by atoms with Crippen molar-refractivity contribution in [3.05, 3.63) is 18.0 Å². The summed E-state index contributed by atoms with van der Waals surface area (Å²) in [4.78, 5) is 18.1. The van der Waals surface area contributed by atoms with Gasteiger partial charge in [-0.2, -0.15) is 9.37 Å². The molecule has 1 aliphatic heterocycles. The quantitative estimate of drug-likeness (QED) is 0.769. The van der Waals surface area contributed by atoms with Crippen molar-refractivity contribution in [3.8, 4) is 0 Å². The van der Waals surface area contributed by atoms with Gasteiger partial charge in [0.15, 0.2) is 11.5 Å². The average molecular weight is 251 g/mol. The molecule has 3 heterocycles. The van der Waals surface area contributed by atoms with Crippen molar-refractivity contribution in [2.45, 2.75) is 25.0 Å². The van der Waals surface area contributed by atoms with Gasteiger partial charge in [-0.3, -0.25) is 0 Å². The van der Waals surface area contributed by atoms with Gasteiger partial charge in [-0.15, -0.1) is 5.10 Å². The van der Waals surface area contributed by atoms with E-state index >= 15 is 0 Å². The highest BCUT2D eigenvalue weighted by atomic mass is 19.1. The Morgan fingerprint density at radius 1 is 1.56 bits per heavy atom. The number of nitrogens with two attached hydrogens (primary N) is 1. The predicted octanol–water partition coefficient (Wildman–Crippen LogP) is 0.265. The zero-order chi connectivity index (χ0) is 12.7. The summed E-state index contributed by atoms with van der Waals surface area (Å²) in [5.74, 6) is -0.0290. The lowest BCUT2D eigenvalue weighted by Crippen LogP contribution is -2.11. The van der Waals surface area contributed by atoms with Crippen LogP contribution in [0.2, 0.25) is 0 Å². The molecule has 1 saturated heterocycles. The van der Waals surface area contributed by atoms with Crippen molar-refractivity contribution >= 4 is 17.8 Å². The first kappa shape index (κ1) is 11.0. The van der Waals surface area contributed by atoms with E-state index in [9.17, 15) is 9.18 Å². The molecule has 2 unspecified atom stereocenters. The monoisotopic (exact) mass is 251 g/mol. The van der Waals surface area contributed by atoms with Gasteiger partial charge in [0.05, 0.1) is 11.9 Å². The van der Waals surface area contributed by atoms with E-state index in [0.717, 1.165) is 6.29 Å². The first-order chi connectivity index (χ1) is 8.69. The van der Waals surface area contributed by atoms with Crippen molar-refractivity contribution < 1.29 is 13.9 Å². The average Bonchev–Trinajstić information content (AvgIpc) is 2.93. The van der Waals surface area contributed by atoms with E-state index < -0.39 is 12.2 Å². The summed E-state index contributed by atoms with van der Waals surface area (Å²) in [7, 11) is 0. The Morgan fingerprint density at radius 3 is 3.11 bits per heavy atom. The van der Waals surface area contributed by atoms with Crippen LogP contribution in [0.1, 0.15) is 24.6 Å². The molecular weight excluding hydrogens is 241 g/mol. The highest BCUT2D eigenvalue weighted by Crippen LogP contribution is 2.32. The van der Waals surface area contributed by atoms with Gasteiger partial charge in [0, 0.05) is 0 Å². The molecule has 2 N–H and O–H groups in total. The van der Waals surface area contributed by atoms with Crippen molar-refractivity contribution in [1.29, 1.82) is 0 Å². The lowest BCUT2D eigenvalue weighted by molar-refractivity contribution is -0.117. The fourth-order valence-electron chi connectivity index (χ4n) is 2.09. The molecule has 18 heavy (non-hydrogen) atoms. The van der Waals surface area contributed by atoms with Crippen molar-refractivity contribution in [1.82, 2.24) is 19.6 Å². The molecule has 8 heteroatoms. The van der Waals surface area contributed by atoms with Crippen LogP contribution in [0.25, 0.3) is 5.65 Å². The number of imidazole rings is 1. The second-order valence-electron chi connectivity index (χ2n) is 4.06. The maximum absolute atomic E-state index is 13.1. The van der Waals surface area contributed by atoms with Crippen molar-refractivity contribution in [3.63, 3.8) is 0 Å². The van der Waals surface area contributed by atoms with E-state index in [1.54, 1.807) is 0 Å². The summed E-state index contributed by atoms with van der Waals surface area (Å²) < 4.78 is 19.9. The molecule has 0 amide bonds. The summed E-state index contributed by atoms with van der Waals surface area (Å²) in [5, 5.41) is 3.62. The third kappa shape index (κ3) is 1.61. The molecule has 0 radical (unpaired) electrons. The molecule has 2 aromatic rings. The fraction of sp³-hybridized carbons (Fsp3) is 0.400. The van der Waals surface area contributed by atoms with Crippen LogP contribution in [0.3, 0.4) is 0 Å². The van der Waals surface area contributed by atoms with Crippen LogP contribution >= 0.6 is 0 Å². The Morgan fingerprint density at radius 2 is 2.39 bits per heavy atom. The van der Waals surface area contributed by atoms with Crippen molar-refractivity contribution in [2.24, 2.45) is 0 Å². The summed E-state index contributed by atoms with van der Waals surface area (Å²) in [6, 6.07) is 0. The van der Waals surface area contributed by atoms with E-state index in [1.807, 2.05) is 0 Å². The summed E-state index contributed by atoms with van der Waals surface area (Å²) in [5.41, 5.74) is 6.40. The topological polar surface area (TPSA) is 95.4 Å². The number of hydrogen-bond acceptors (Lipinski definition) is 6. The number of halogens is 1. The number of aldehydes is 1. The molecule has 0 aliphatic carbocycles. The van der Waals surface area contributed by atoms with Gasteiger partial charge in [0.25, 0.3) is 0 Å². The van der Waals surface area contributed by atoms with E-state index in [0.29, 0.717) is 18.5 Å². The standard InChI is InChI=1S/C10H10FN5O2/c11-10-14-8(12)9-13-3-6(16(9)15-10)7-2-1-5(4-17)18-7/h3-5,7H,1-2H2,(H2,12,14,15). The lowest BCUT2D eigenvalue weighted by Gasteiger charge is -2.09. The molecule has 2 aromatic heterocycles. The number of aromatic nitrogens is 4. The Bertz CT molecular complexity index is 614. The Kier molecular flexibility index (Phi) is 2.44. The molecule has 1 fully saturated rings. The maximum atomic E-state index is 13.1. The van der Waals surface area contributed by atoms with Gasteiger partial charge in [-0.1, -0.05) is 0 Å². The molecule has 0 bridgehead atoms. The zero-order valence-corrected chi connectivity index (χ0v) is 9.28. The molecule has 94 valence electrons. The Labute approximate surface area is 101 Å². The van der Waals surface area contributed by atoms with Crippen molar-refractivity contribution in [2.75, 3.05) is 5.73 Å². The second-order valence-corrected chi connectivity index (χ2v) is 4.06. The van der Waals surface area contributed by atoms with Gasteiger partial charge < -0.3 is 15.3 Å². The van der Waals surface area contributed by atoms with E-state index in [1.165, 1.54) is 10.7 Å². The van der Waals surface area contributed by atoms with Crippen LogP contribution in [0.4, 0.5) is 10.2 Å². The number of ether oxygens (including phenoxy) is 1. The minimum Gasteiger partial charge on any atom is -0.380 e. The molecule has 3 rings (SSSR count). The lowest BCUT2D eigenvalue weighted by atomic mass is 10.2.